The number of nitrogens with zero attached hydrogens (tertiary/aromatic N) is 3. The van der Waals surface area contributed by atoms with Gasteiger partial charge in [-0.05, 0) is 32.9 Å². The Hall–Kier alpha value is -0.630. The average Bonchev–Trinajstić information content (AvgIpc) is 2.79. The first-order valence-electron chi connectivity index (χ1n) is 5.27. The molecule has 19 heavy (non-hydrogen) atoms. The smallest absolute Gasteiger partial charge is 0.291 e. The lowest BCUT2D eigenvalue weighted by molar-refractivity contribution is 0.367. The predicted molar refractivity (Wildman–Crippen MR) is 76.4 cm³/mol. The minimum absolute atomic E-state index is 0.263. The van der Waals surface area contributed by atoms with Gasteiger partial charge < -0.3 is 0 Å². The minimum atomic E-state index is -3.96. The summed E-state index contributed by atoms with van der Waals surface area (Å²) in [4.78, 5) is 0.735. The van der Waals surface area contributed by atoms with E-state index in [0.717, 1.165) is 4.88 Å². The summed E-state index contributed by atoms with van der Waals surface area (Å²) < 4.78 is 25.2. The van der Waals surface area contributed by atoms with Crippen molar-refractivity contribution < 1.29 is 8.42 Å². The van der Waals surface area contributed by atoms with Gasteiger partial charge in [0.05, 0.1) is 9.21 Å². The van der Waals surface area contributed by atoms with E-state index in [0.29, 0.717) is 10.2 Å². The maximum atomic E-state index is 11.6. The third-order valence-corrected chi connectivity index (χ3v) is 4.66. The second-order valence-electron chi connectivity index (χ2n) is 4.85. The molecule has 0 saturated heterocycles. The Morgan fingerprint density at radius 2 is 1.89 bits per heavy atom. The summed E-state index contributed by atoms with van der Waals surface area (Å²) in [5.74, 6) is 0.434. The average molecular weight is 340 g/mol. The third-order valence-electron chi connectivity index (χ3n) is 2.32. The van der Waals surface area contributed by atoms with Crippen molar-refractivity contribution in [1.82, 2.24) is 14.8 Å². The van der Waals surface area contributed by atoms with Crippen molar-refractivity contribution in [2.75, 3.05) is 0 Å². The lowest BCUT2D eigenvalue weighted by Gasteiger charge is -2.23. The molecule has 0 bridgehead atoms. The van der Waals surface area contributed by atoms with E-state index in [-0.39, 0.29) is 5.16 Å². The summed E-state index contributed by atoms with van der Waals surface area (Å²) >= 11 is 7.19. The maximum absolute atomic E-state index is 11.6. The highest BCUT2D eigenvalue weighted by Gasteiger charge is 2.30. The van der Waals surface area contributed by atoms with Crippen molar-refractivity contribution in [1.29, 1.82) is 0 Å². The first-order valence-corrected chi connectivity index (χ1v) is 8.77. The van der Waals surface area contributed by atoms with E-state index < -0.39 is 14.6 Å². The summed E-state index contributed by atoms with van der Waals surface area (Å²) in [6.07, 6.45) is 0. The fraction of sp³-hybridized carbons (Fsp3) is 0.400. The molecule has 2 aromatic rings. The quantitative estimate of drug-likeness (QED) is 0.787. The maximum Gasteiger partial charge on any atom is 0.296 e. The van der Waals surface area contributed by atoms with Gasteiger partial charge in [0.2, 0.25) is 0 Å². The van der Waals surface area contributed by atoms with Gasteiger partial charge in [0.15, 0.2) is 5.82 Å². The second-order valence-corrected chi connectivity index (χ2v) is 9.03. The largest absolute Gasteiger partial charge is 0.296 e. The molecule has 0 atom stereocenters. The Labute approximate surface area is 124 Å². The van der Waals surface area contributed by atoms with Crippen molar-refractivity contribution in [3.8, 4) is 10.7 Å². The molecule has 0 aliphatic carbocycles. The summed E-state index contributed by atoms with van der Waals surface area (Å²) in [6, 6.07) is 3.49. The van der Waals surface area contributed by atoms with Gasteiger partial charge in [-0.2, -0.15) is 0 Å². The van der Waals surface area contributed by atoms with E-state index >= 15 is 0 Å². The van der Waals surface area contributed by atoms with E-state index in [1.165, 1.54) is 15.9 Å². The van der Waals surface area contributed by atoms with Crippen molar-refractivity contribution in [3.63, 3.8) is 0 Å². The Kier molecular flexibility index (Phi) is 3.68. The molecular formula is C10H11Cl2N3O2S2. The molecule has 0 radical (unpaired) electrons. The molecule has 0 saturated carbocycles. The molecule has 0 aliphatic rings. The highest BCUT2D eigenvalue weighted by molar-refractivity contribution is 8.13. The molecule has 0 N–H and O–H groups in total. The molecule has 9 heteroatoms. The molecule has 0 amide bonds. The van der Waals surface area contributed by atoms with Crippen LogP contribution >= 0.6 is 33.6 Å². The van der Waals surface area contributed by atoms with Crippen LogP contribution in [0.1, 0.15) is 20.8 Å². The number of thiophene rings is 1. The molecule has 5 nitrogen and oxygen atoms in total. The van der Waals surface area contributed by atoms with E-state index in [4.69, 9.17) is 22.3 Å². The highest BCUT2D eigenvalue weighted by Crippen LogP contribution is 2.34. The predicted octanol–water partition coefficient (Wildman–Crippen LogP) is 3.34. The van der Waals surface area contributed by atoms with E-state index in [2.05, 4.69) is 10.2 Å². The van der Waals surface area contributed by atoms with Gasteiger partial charge in [-0.1, -0.05) is 11.6 Å². The van der Waals surface area contributed by atoms with Crippen molar-refractivity contribution >= 4 is 42.7 Å². The third kappa shape index (κ3) is 2.94. The van der Waals surface area contributed by atoms with Crippen LogP contribution in [0.2, 0.25) is 4.34 Å². The van der Waals surface area contributed by atoms with E-state index in [1.807, 2.05) is 20.8 Å². The van der Waals surface area contributed by atoms with Crippen LogP contribution in [0.5, 0.6) is 0 Å². The lowest BCUT2D eigenvalue weighted by atomic mass is 10.1. The van der Waals surface area contributed by atoms with Crippen LogP contribution in [0.15, 0.2) is 17.3 Å². The number of aromatic nitrogens is 3. The fourth-order valence-electron chi connectivity index (χ4n) is 1.63. The van der Waals surface area contributed by atoms with Gasteiger partial charge in [0.25, 0.3) is 14.2 Å². The van der Waals surface area contributed by atoms with Gasteiger partial charge in [-0.3, -0.25) is 4.57 Å². The molecule has 0 unspecified atom stereocenters. The molecule has 0 aromatic carbocycles. The molecule has 0 aliphatic heterocycles. The molecule has 2 aromatic heterocycles. The summed E-state index contributed by atoms with van der Waals surface area (Å²) in [5.41, 5.74) is -0.535. The number of halogens is 2. The van der Waals surface area contributed by atoms with Crippen LogP contribution < -0.4 is 0 Å². The molecule has 2 rings (SSSR count). The van der Waals surface area contributed by atoms with Crippen molar-refractivity contribution in [2.24, 2.45) is 0 Å². The second kappa shape index (κ2) is 4.73. The molecule has 0 fully saturated rings. The molecule has 104 valence electrons. The Morgan fingerprint density at radius 1 is 1.26 bits per heavy atom. The first-order chi connectivity index (χ1) is 8.60. The monoisotopic (exact) mass is 339 g/mol. The summed E-state index contributed by atoms with van der Waals surface area (Å²) in [6.45, 7) is 5.54. The highest BCUT2D eigenvalue weighted by atomic mass is 35.7. The standard InChI is InChI=1S/C10H11Cl2N3O2S2/c1-10(2,3)15-8(6-4-5-7(11)18-6)13-14-9(15)19(12,16)17/h4-5H,1-3H3. The molecule has 0 spiro atoms. The number of rotatable bonds is 2. The Morgan fingerprint density at radius 3 is 2.32 bits per heavy atom. The zero-order chi connectivity index (χ0) is 14.4. The topological polar surface area (TPSA) is 64.8 Å². The van der Waals surface area contributed by atoms with Crippen LogP contribution in [0, 0.1) is 0 Å². The number of hydrogen-bond donors (Lipinski definition) is 0. The minimum Gasteiger partial charge on any atom is -0.291 e. The first kappa shape index (κ1) is 14.8. The van der Waals surface area contributed by atoms with Crippen LogP contribution in [0.3, 0.4) is 0 Å². The normalized spacial score (nSPS) is 12.9. The Bertz CT molecular complexity index is 713. The van der Waals surface area contributed by atoms with Crippen LogP contribution in [0.4, 0.5) is 0 Å². The lowest BCUT2D eigenvalue weighted by Crippen LogP contribution is -2.25. The van der Waals surface area contributed by atoms with Gasteiger partial charge in [0, 0.05) is 16.2 Å². The summed E-state index contributed by atoms with van der Waals surface area (Å²) in [7, 11) is 1.44. The van der Waals surface area contributed by atoms with E-state index in [1.54, 1.807) is 12.1 Å². The van der Waals surface area contributed by atoms with Crippen molar-refractivity contribution in [3.05, 3.63) is 16.5 Å². The van der Waals surface area contributed by atoms with E-state index in [9.17, 15) is 8.42 Å². The van der Waals surface area contributed by atoms with Gasteiger partial charge in [0.1, 0.15) is 0 Å². The Balaban J connectivity index is 2.74. The van der Waals surface area contributed by atoms with Crippen LogP contribution in [0.25, 0.3) is 10.7 Å². The fourth-order valence-corrected chi connectivity index (χ4v) is 3.66. The van der Waals surface area contributed by atoms with Gasteiger partial charge >= 0.3 is 0 Å². The van der Waals surface area contributed by atoms with Crippen LogP contribution in [-0.2, 0) is 14.6 Å². The SMILES string of the molecule is CC(C)(C)n1c(-c2ccc(Cl)s2)nnc1S(=O)(=O)Cl. The molecule has 2 heterocycles. The zero-order valence-corrected chi connectivity index (χ0v) is 13.5. The number of hydrogen-bond acceptors (Lipinski definition) is 5. The molecular weight excluding hydrogens is 329 g/mol. The van der Waals surface area contributed by atoms with Crippen LogP contribution in [-0.4, -0.2) is 23.2 Å². The van der Waals surface area contributed by atoms with Crippen molar-refractivity contribution in [2.45, 2.75) is 31.5 Å². The van der Waals surface area contributed by atoms with Gasteiger partial charge in [-0.25, -0.2) is 8.42 Å². The van der Waals surface area contributed by atoms with Gasteiger partial charge in [-0.15, -0.1) is 21.5 Å². The summed E-state index contributed by atoms with van der Waals surface area (Å²) in [5, 5.41) is 7.37. The zero-order valence-electron chi connectivity index (χ0n) is 10.4.